The fourth-order valence-corrected chi connectivity index (χ4v) is 2.11. The zero-order valence-corrected chi connectivity index (χ0v) is 11.8. The van der Waals surface area contributed by atoms with E-state index in [1.807, 2.05) is 0 Å². The van der Waals surface area contributed by atoms with Crippen molar-refractivity contribution in [2.24, 2.45) is 0 Å². The summed E-state index contributed by atoms with van der Waals surface area (Å²) in [4.78, 5) is 7.77. The first kappa shape index (κ1) is 13.3. The van der Waals surface area contributed by atoms with E-state index >= 15 is 0 Å². The Morgan fingerprint density at radius 2 is 1.83 bits per heavy atom. The first-order valence-electron chi connectivity index (χ1n) is 4.66. The summed E-state index contributed by atoms with van der Waals surface area (Å²) in [6.45, 7) is 0. The van der Waals surface area contributed by atoms with E-state index in [9.17, 15) is 4.39 Å². The molecule has 0 aliphatic heterocycles. The first-order valence-corrected chi connectivity index (χ1v) is 6.21. The molecule has 0 saturated heterocycles. The number of nitrogen functional groups attached to an aromatic ring is 1. The molecule has 0 aliphatic carbocycles. The highest BCUT2D eigenvalue weighted by atomic mass is 79.9. The number of nitrogens with zero attached hydrogens (tertiary/aromatic N) is 2. The largest absolute Gasteiger partial charge is 0.383 e. The van der Waals surface area contributed by atoms with Gasteiger partial charge in [0.15, 0.2) is 0 Å². The van der Waals surface area contributed by atoms with Gasteiger partial charge in [-0.1, -0.05) is 23.2 Å². The number of nitrogens with two attached hydrogens (primary N) is 1. The molecule has 2 aromatic rings. The maximum absolute atomic E-state index is 13.0. The molecule has 0 amide bonds. The van der Waals surface area contributed by atoms with Crippen LogP contribution < -0.4 is 11.1 Å². The predicted octanol–water partition coefficient (Wildman–Crippen LogP) is 4.01. The van der Waals surface area contributed by atoms with E-state index in [0.29, 0.717) is 16.0 Å². The summed E-state index contributed by atoms with van der Waals surface area (Å²) >= 11 is 15.0. The average Bonchev–Trinajstić information content (AvgIpc) is 2.28. The van der Waals surface area contributed by atoms with Crippen molar-refractivity contribution in [3.8, 4) is 0 Å². The number of aromatic nitrogens is 2. The summed E-state index contributed by atoms with van der Waals surface area (Å²) in [7, 11) is 0. The molecule has 1 aromatic carbocycles. The third-order valence-electron chi connectivity index (χ3n) is 2.07. The van der Waals surface area contributed by atoms with Crippen molar-refractivity contribution < 1.29 is 4.39 Å². The fourth-order valence-electron chi connectivity index (χ4n) is 1.25. The van der Waals surface area contributed by atoms with Gasteiger partial charge in [-0.2, -0.15) is 0 Å². The van der Waals surface area contributed by atoms with E-state index in [4.69, 9.17) is 28.9 Å². The van der Waals surface area contributed by atoms with Crippen LogP contribution in [0.1, 0.15) is 0 Å². The third-order valence-corrected chi connectivity index (χ3v) is 3.44. The molecule has 0 saturated carbocycles. The second-order valence-corrected chi connectivity index (χ2v) is 4.90. The maximum Gasteiger partial charge on any atom is 0.150 e. The van der Waals surface area contributed by atoms with E-state index in [0.717, 1.165) is 12.1 Å². The van der Waals surface area contributed by atoms with Crippen molar-refractivity contribution in [1.82, 2.24) is 9.97 Å². The zero-order chi connectivity index (χ0) is 13.3. The highest BCUT2D eigenvalue weighted by molar-refractivity contribution is 9.10. The molecule has 0 unspecified atom stereocenters. The average molecular weight is 352 g/mol. The highest BCUT2D eigenvalue weighted by Crippen LogP contribution is 2.35. The lowest BCUT2D eigenvalue weighted by atomic mass is 10.3. The van der Waals surface area contributed by atoms with Crippen LogP contribution in [0, 0.1) is 5.82 Å². The smallest absolute Gasteiger partial charge is 0.150 e. The predicted molar refractivity (Wildman–Crippen MR) is 73.8 cm³/mol. The van der Waals surface area contributed by atoms with Gasteiger partial charge in [0.2, 0.25) is 0 Å². The van der Waals surface area contributed by atoms with Crippen molar-refractivity contribution in [3.05, 3.63) is 38.8 Å². The molecule has 18 heavy (non-hydrogen) atoms. The molecule has 1 aromatic heterocycles. The molecule has 0 radical (unpaired) electrons. The normalized spacial score (nSPS) is 10.4. The minimum absolute atomic E-state index is 0.143. The molecule has 3 N–H and O–H groups in total. The molecule has 94 valence electrons. The fraction of sp³-hybridized carbons (Fsp3) is 0. The van der Waals surface area contributed by atoms with Gasteiger partial charge in [0.25, 0.3) is 0 Å². The Hall–Kier alpha value is -1.11. The molecule has 4 nitrogen and oxygen atoms in total. The number of hydrogen-bond donors (Lipinski definition) is 2. The Balaban J connectivity index is 2.43. The van der Waals surface area contributed by atoms with E-state index in [-0.39, 0.29) is 15.9 Å². The monoisotopic (exact) mass is 350 g/mol. The molecule has 0 fully saturated rings. The summed E-state index contributed by atoms with van der Waals surface area (Å²) in [5, 5.41) is 3.15. The van der Waals surface area contributed by atoms with Crippen molar-refractivity contribution in [3.63, 3.8) is 0 Å². The quantitative estimate of drug-likeness (QED) is 0.857. The minimum Gasteiger partial charge on any atom is -0.383 e. The molecule has 2 rings (SSSR count). The Morgan fingerprint density at radius 3 is 2.44 bits per heavy atom. The lowest BCUT2D eigenvalue weighted by molar-refractivity contribution is 0.628. The second kappa shape index (κ2) is 5.26. The van der Waals surface area contributed by atoms with Gasteiger partial charge in [0, 0.05) is 0 Å². The number of nitrogens with one attached hydrogen (secondary N) is 1. The van der Waals surface area contributed by atoms with Crippen LogP contribution in [0.4, 0.5) is 21.7 Å². The van der Waals surface area contributed by atoms with Crippen LogP contribution in [0.5, 0.6) is 0 Å². The van der Waals surface area contributed by atoms with Gasteiger partial charge >= 0.3 is 0 Å². The van der Waals surface area contributed by atoms with Gasteiger partial charge in [0.1, 0.15) is 28.3 Å². The molecular weight excluding hydrogens is 346 g/mol. The van der Waals surface area contributed by atoms with Crippen molar-refractivity contribution in [2.45, 2.75) is 0 Å². The summed E-state index contributed by atoms with van der Waals surface area (Å²) < 4.78 is 13.5. The molecule has 0 spiro atoms. The summed E-state index contributed by atoms with van der Waals surface area (Å²) in [5.74, 6) is 0.136. The van der Waals surface area contributed by atoms with Crippen LogP contribution >= 0.6 is 39.1 Å². The van der Waals surface area contributed by atoms with Crippen molar-refractivity contribution in [1.29, 1.82) is 0 Å². The van der Waals surface area contributed by atoms with Crippen LogP contribution in [0.25, 0.3) is 0 Å². The van der Waals surface area contributed by atoms with Gasteiger partial charge in [-0.05, 0) is 28.1 Å². The Morgan fingerprint density at radius 1 is 1.22 bits per heavy atom. The standard InChI is InChI=1S/C10H6BrCl2FN4/c11-7-9(15)16-3-17-10(7)18-8-5(12)1-4(14)2-6(8)13/h1-3H,(H3,15,16,17,18). The van der Waals surface area contributed by atoms with Crippen molar-refractivity contribution in [2.75, 3.05) is 11.1 Å². The number of hydrogen-bond acceptors (Lipinski definition) is 4. The zero-order valence-electron chi connectivity index (χ0n) is 8.72. The van der Waals surface area contributed by atoms with E-state index < -0.39 is 5.82 Å². The summed E-state index contributed by atoms with van der Waals surface area (Å²) in [6.07, 6.45) is 1.29. The minimum atomic E-state index is -0.517. The topological polar surface area (TPSA) is 63.8 Å². The molecule has 0 bridgehead atoms. The van der Waals surface area contributed by atoms with E-state index in [1.54, 1.807) is 0 Å². The number of halogens is 4. The van der Waals surface area contributed by atoms with Crippen LogP contribution in [0.2, 0.25) is 10.0 Å². The Labute approximate surface area is 120 Å². The van der Waals surface area contributed by atoms with Crippen LogP contribution in [-0.4, -0.2) is 9.97 Å². The van der Waals surface area contributed by atoms with Gasteiger partial charge < -0.3 is 11.1 Å². The SMILES string of the molecule is Nc1ncnc(Nc2c(Cl)cc(F)cc2Cl)c1Br. The number of benzene rings is 1. The lowest BCUT2D eigenvalue weighted by Crippen LogP contribution is -2.01. The highest BCUT2D eigenvalue weighted by Gasteiger charge is 2.12. The molecular formula is C10H6BrCl2FN4. The molecule has 0 atom stereocenters. The molecule has 0 aliphatic rings. The Bertz CT molecular complexity index is 585. The first-order chi connectivity index (χ1) is 8.49. The van der Waals surface area contributed by atoms with Crippen molar-refractivity contribution >= 4 is 56.5 Å². The number of rotatable bonds is 2. The van der Waals surface area contributed by atoms with Gasteiger partial charge in [-0.3, -0.25) is 0 Å². The van der Waals surface area contributed by atoms with E-state index in [2.05, 4.69) is 31.2 Å². The van der Waals surface area contributed by atoms with Crippen LogP contribution in [0.3, 0.4) is 0 Å². The molecule has 1 heterocycles. The van der Waals surface area contributed by atoms with Gasteiger partial charge in [0.05, 0.1) is 15.7 Å². The second-order valence-electron chi connectivity index (χ2n) is 3.29. The van der Waals surface area contributed by atoms with Crippen LogP contribution in [-0.2, 0) is 0 Å². The van der Waals surface area contributed by atoms with E-state index in [1.165, 1.54) is 6.33 Å². The third kappa shape index (κ3) is 2.66. The molecule has 8 heteroatoms. The van der Waals surface area contributed by atoms with Gasteiger partial charge in [-0.25, -0.2) is 14.4 Å². The Kier molecular flexibility index (Phi) is 3.89. The van der Waals surface area contributed by atoms with Crippen LogP contribution in [0.15, 0.2) is 22.9 Å². The summed E-state index contributed by atoms with van der Waals surface area (Å²) in [6, 6.07) is 2.29. The lowest BCUT2D eigenvalue weighted by Gasteiger charge is -2.11. The number of anilines is 3. The van der Waals surface area contributed by atoms with Gasteiger partial charge in [-0.15, -0.1) is 0 Å². The summed E-state index contributed by atoms with van der Waals surface area (Å²) in [5.41, 5.74) is 5.96. The maximum atomic E-state index is 13.0.